The Balaban J connectivity index is 1.52. The number of thioether (sulfide) groups is 1. The quantitative estimate of drug-likeness (QED) is 0.742. The highest BCUT2D eigenvalue weighted by atomic mass is 32.2. The number of fused-ring (bicyclic) bond motifs is 1. The van der Waals surface area contributed by atoms with Gasteiger partial charge in [0.05, 0.1) is 11.3 Å². The summed E-state index contributed by atoms with van der Waals surface area (Å²) in [5, 5.41) is 2.76. The maximum Gasteiger partial charge on any atom is 0.256 e. The second-order valence-electron chi connectivity index (χ2n) is 5.72. The highest BCUT2D eigenvalue weighted by Crippen LogP contribution is 2.18. The average molecular weight is 395 g/mol. The number of amidine groups is 1. The van der Waals surface area contributed by atoms with Crippen LogP contribution in [-0.2, 0) is 20.6 Å². The Morgan fingerprint density at radius 2 is 2.15 bits per heavy atom. The number of sulfonamides is 1. The van der Waals surface area contributed by atoms with Crippen LogP contribution < -0.4 is 5.32 Å². The summed E-state index contributed by atoms with van der Waals surface area (Å²) in [6.45, 7) is 0.666. The zero-order chi connectivity index (χ0) is 18.6. The van der Waals surface area contributed by atoms with Gasteiger partial charge < -0.3 is 10.2 Å². The van der Waals surface area contributed by atoms with E-state index in [4.69, 9.17) is 0 Å². The van der Waals surface area contributed by atoms with Gasteiger partial charge in [-0.25, -0.2) is 12.8 Å². The molecule has 0 bridgehead atoms. The second kappa shape index (κ2) is 8.05. The molecule has 138 valence electrons. The van der Waals surface area contributed by atoms with E-state index in [0.717, 1.165) is 0 Å². The van der Waals surface area contributed by atoms with Crippen molar-refractivity contribution in [2.45, 2.75) is 5.75 Å². The van der Waals surface area contributed by atoms with Crippen molar-refractivity contribution in [2.75, 3.05) is 24.6 Å². The molecule has 0 saturated carbocycles. The van der Waals surface area contributed by atoms with Crippen LogP contribution in [0.25, 0.3) is 0 Å². The summed E-state index contributed by atoms with van der Waals surface area (Å²) in [6.07, 6.45) is 4.95. The first kappa shape index (κ1) is 18.7. The minimum atomic E-state index is -3.53. The summed E-state index contributed by atoms with van der Waals surface area (Å²) in [6, 6.07) is 6.59. The van der Waals surface area contributed by atoms with Gasteiger partial charge in [0, 0.05) is 30.8 Å². The third-order valence-electron chi connectivity index (χ3n) is 3.85. The molecule has 6 nitrogen and oxygen atoms in total. The molecular weight excluding hydrogens is 377 g/mol. The number of hydrogen-bond acceptors (Lipinski definition) is 5. The predicted molar refractivity (Wildman–Crippen MR) is 101 cm³/mol. The lowest BCUT2D eigenvalue weighted by Crippen LogP contribution is -2.42. The van der Waals surface area contributed by atoms with Gasteiger partial charge in [0.2, 0.25) is 0 Å². The Labute approximate surface area is 155 Å². The standard InChI is InChI=1S/C17H18FN3O3S2/c18-15-6-2-1-4-13(15)12-25-10-7-19-17(22)14-5-3-8-21-9-11-26(23,24)20-16(14)21/h1-6,8H,7,9-12H2,(H,19,22). The molecule has 0 radical (unpaired) electrons. The number of carbonyl (C=O) groups is 1. The van der Waals surface area contributed by atoms with Crippen LogP contribution in [-0.4, -0.2) is 49.7 Å². The van der Waals surface area contributed by atoms with Gasteiger partial charge in [0.15, 0.2) is 5.84 Å². The SMILES string of the molecule is O=C(NCCSCc1ccccc1F)C1=CC=CN2CCS(=O)(=O)N=C12. The first-order valence-corrected chi connectivity index (χ1v) is 10.8. The molecule has 0 atom stereocenters. The van der Waals surface area contributed by atoms with E-state index >= 15 is 0 Å². The normalized spacial score (nSPS) is 18.0. The van der Waals surface area contributed by atoms with Crippen molar-refractivity contribution >= 4 is 33.5 Å². The molecule has 9 heteroatoms. The predicted octanol–water partition coefficient (Wildman–Crippen LogP) is 1.67. The lowest BCUT2D eigenvalue weighted by molar-refractivity contribution is -0.116. The molecular formula is C17H18FN3O3S2. The zero-order valence-electron chi connectivity index (χ0n) is 13.9. The number of nitrogens with one attached hydrogen (secondary N) is 1. The van der Waals surface area contributed by atoms with E-state index in [0.29, 0.717) is 23.6 Å². The van der Waals surface area contributed by atoms with E-state index in [9.17, 15) is 17.6 Å². The van der Waals surface area contributed by atoms with E-state index in [1.54, 1.807) is 41.5 Å². The lowest BCUT2D eigenvalue weighted by Gasteiger charge is -2.28. The highest BCUT2D eigenvalue weighted by Gasteiger charge is 2.29. The van der Waals surface area contributed by atoms with Crippen LogP contribution >= 0.6 is 11.8 Å². The number of carbonyl (C=O) groups excluding carboxylic acids is 1. The summed E-state index contributed by atoms with van der Waals surface area (Å²) < 4.78 is 40.7. The first-order valence-electron chi connectivity index (χ1n) is 8.04. The molecule has 0 spiro atoms. The van der Waals surface area contributed by atoms with E-state index in [1.807, 2.05) is 0 Å². The molecule has 2 aliphatic rings. The van der Waals surface area contributed by atoms with Crippen LogP contribution in [0.15, 0.2) is 52.6 Å². The Morgan fingerprint density at radius 1 is 1.35 bits per heavy atom. The third-order valence-corrected chi connectivity index (χ3v) is 6.01. The van der Waals surface area contributed by atoms with Crippen molar-refractivity contribution in [1.82, 2.24) is 10.2 Å². The number of benzene rings is 1. The Kier molecular flexibility index (Phi) is 5.77. The molecule has 2 aliphatic heterocycles. The number of halogens is 1. The number of allylic oxidation sites excluding steroid dienone is 2. The van der Waals surface area contributed by atoms with E-state index in [-0.39, 0.29) is 35.4 Å². The first-order chi connectivity index (χ1) is 12.5. The smallest absolute Gasteiger partial charge is 0.256 e. The van der Waals surface area contributed by atoms with Gasteiger partial charge in [-0.1, -0.05) is 18.2 Å². The Bertz CT molecular complexity index is 894. The average Bonchev–Trinajstić information content (AvgIpc) is 2.61. The second-order valence-corrected chi connectivity index (χ2v) is 8.58. The van der Waals surface area contributed by atoms with Gasteiger partial charge in [-0.05, 0) is 23.8 Å². The third kappa shape index (κ3) is 4.53. The molecule has 1 aromatic rings. The fourth-order valence-electron chi connectivity index (χ4n) is 2.52. The topological polar surface area (TPSA) is 78.8 Å². The number of rotatable bonds is 6. The Morgan fingerprint density at radius 3 is 2.96 bits per heavy atom. The van der Waals surface area contributed by atoms with Crippen molar-refractivity contribution in [3.8, 4) is 0 Å². The van der Waals surface area contributed by atoms with E-state index in [1.165, 1.54) is 17.8 Å². The largest absolute Gasteiger partial charge is 0.351 e. The van der Waals surface area contributed by atoms with Crippen molar-refractivity contribution in [3.63, 3.8) is 0 Å². The molecule has 26 heavy (non-hydrogen) atoms. The lowest BCUT2D eigenvalue weighted by atomic mass is 10.1. The van der Waals surface area contributed by atoms with Crippen molar-refractivity contribution < 1.29 is 17.6 Å². The van der Waals surface area contributed by atoms with Gasteiger partial charge in [0.25, 0.3) is 15.9 Å². The molecule has 1 N–H and O–H groups in total. The number of nitrogens with zero attached hydrogens (tertiary/aromatic N) is 2. The molecule has 3 rings (SSSR count). The summed E-state index contributed by atoms with van der Waals surface area (Å²) in [4.78, 5) is 14.0. The fraction of sp³-hybridized carbons (Fsp3) is 0.294. The maximum atomic E-state index is 13.5. The van der Waals surface area contributed by atoms with Gasteiger partial charge in [-0.15, -0.1) is 4.40 Å². The van der Waals surface area contributed by atoms with Crippen molar-refractivity contribution in [3.05, 3.63) is 59.6 Å². The van der Waals surface area contributed by atoms with E-state index in [2.05, 4.69) is 9.71 Å². The van der Waals surface area contributed by atoms with Crippen LogP contribution in [0.2, 0.25) is 0 Å². The minimum Gasteiger partial charge on any atom is -0.351 e. The van der Waals surface area contributed by atoms with Gasteiger partial charge >= 0.3 is 0 Å². The summed E-state index contributed by atoms with van der Waals surface area (Å²) in [5.41, 5.74) is 0.858. The van der Waals surface area contributed by atoms with E-state index < -0.39 is 10.0 Å². The number of amides is 1. The Hall–Kier alpha value is -2.13. The van der Waals surface area contributed by atoms with Gasteiger partial charge in [-0.2, -0.15) is 11.8 Å². The van der Waals surface area contributed by atoms with Gasteiger partial charge in [0.1, 0.15) is 5.82 Å². The molecule has 0 aliphatic carbocycles. The molecule has 1 amide bonds. The number of hydrogen-bond donors (Lipinski definition) is 1. The van der Waals surface area contributed by atoms with Gasteiger partial charge in [-0.3, -0.25) is 4.79 Å². The molecule has 1 aromatic carbocycles. The van der Waals surface area contributed by atoms with Crippen LogP contribution in [0.4, 0.5) is 4.39 Å². The molecule has 0 saturated heterocycles. The molecule has 0 fully saturated rings. The highest BCUT2D eigenvalue weighted by molar-refractivity contribution is 7.98. The monoisotopic (exact) mass is 395 g/mol. The molecule has 0 unspecified atom stereocenters. The zero-order valence-corrected chi connectivity index (χ0v) is 15.5. The van der Waals surface area contributed by atoms with Crippen molar-refractivity contribution in [1.29, 1.82) is 0 Å². The fourth-order valence-corrected chi connectivity index (χ4v) is 4.35. The van der Waals surface area contributed by atoms with Crippen molar-refractivity contribution in [2.24, 2.45) is 4.40 Å². The van der Waals surface area contributed by atoms with Crippen LogP contribution in [0.3, 0.4) is 0 Å². The molecule has 0 aromatic heterocycles. The summed E-state index contributed by atoms with van der Waals surface area (Å²) in [5.74, 6) is 0.615. The minimum absolute atomic E-state index is 0.0670. The van der Waals surface area contributed by atoms with Crippen LogP contribution in [0.5, 0.6) is 0 Å². The summed E-state index contributed by atoms with van der Waals surface area (Å²) in [7, 11) is -3.53. The van der Waals surface area contributed by atoms with Crippen LogP contribution in [0.1, 0.15) is 5.56 Å². The molecule has 2 heterocycles. The summed E-state index contributed by atoms with van der Waals surface area (Å²) >= 11 is 1.51. The maximum absolute atomic E-state index is 13.5. The van der Waals surface area contributed by atoms with Crippen LogP contribution in [0, 0.1) is 5.82 Å².